The van der Waals surface area contributed by atoms with Gasteiger partial charge in [-0.15, -0.1) is 0 Å². The fourth-order valence-corrected chi connectivity index (χ4v) is 3.79. The second kappa shape index (κ2) is 4.97. The predicted octanol–water partition coefficient (Wildman–Crippen LogP) is 2.76. The van der Waals surface area contributed by atoms with E-state index in [1.165, 1.54) is 12.0 Å². The Labute approximate surface area is 114 Å². The zero-order valence-electron chi connectivity index (χ0n) is 11.2. The van der Waals surface area contributed by atoms with Gasteiger partial charge in [-0.25, -0.2) is 0 Å². The van der Waals surface area contributed by atoms with Crippen LogP contribution in [-0.2, 0) is 11.3 Å². The molecule has 0 unspecified atom stereocenters. The summed E-state index contributed by atoms with van der Waals surface area (Å²) in [5.41, 5.74) is 1.64. The van der Waals surface area contributed by atoms with Crippen molar-refractivity contribution in [2.45, 2.75) is 32.2 Å². The van der Waals surface area contributed by atoms with Crippen LogP contribution in [0.5, 0.6) is 0 Å². The Bertz CT molecular complexity index is 459. The number of hydrogen-bond acceptors (Lipinski definition) is 2. The summed E-state index contributed by atoms with van der Waals surface area (Å²) in [5, 5.41) is 9.14. The van der Waals surface area contributed by atoms with Gasteiger partial charge < -0.3 is 5.11 Å². The van der Waals surface area contributed by atoms with Crippen LogP contribution in [0, 0.1) is 11.3 Å². The van der Waals surface area contributed by atoms with E-state index in [1.54, 1.807) is 0 Å². The molecule has 0 aromatic heterocycles. The molecule has 1 aromatic carbocycles. The molecule has 2 fully saturated rings. The third-order valence-corrected chi connectivity index (χ3v) is 4.82. The first kappa shape index (κ1) is 12.7. The lowest BCUT2D eigenvalue weighted by Crippen LogP contribution is -2.25. The Morgan fingerprint density at radius 3 is 2.79 bits per heavy atom. The minimum Gasteiger partial charge on any atom is -0.481 e. The molecule has 0 bridgehead atoms. The molecule has 2 atom stereocenters. The molecule has 3 heteroatoms. The smallest absolute Gasteiger partial charge is 0.306 e. The third-order valence-electron chi connectivity index (χ3n) is 4.82. The first-order valence-corrected chi connectivity index (χ1v) is 7.16. The molecule has 1 aliphatic heterocycles. The van der Waals surface area contributed by atoms with Crippen LogP contribution in [-0.4, -0.2) is 29.1 Å². The second-order valence-electron chi connectivity index (χ2n) is 6.22. The molecule has 1 heterocycles. The number of hydrogen-bond donors (Lipinski definition) is 1. The van der Waals surface area contributed by atoms with E-state index in [9.17, 15) is 4.79 Å². The maximum absolute atomic E-state index is 11.1. The Morgan fingerprint density at radius 1 is 1.32 bits per heavy atom. The van der Waals surface area contributed by atoms with Gasteiger partial charge in [-0.2, -0.15) is 0 Å². The van der Waals surface area contributed by atoms with Crippen molar-refractivity contribution in [1.29, 1.82) is 0 Å². The van der Waals surface area contributed by atoms with Crippen LogP contribution in [0.2, 0.25) is 0 Å². The van der Waals surface area contributed by atoms with Crippen LogP contribution in [0.1, 0.15) is 31.2 Å². The van der Waals surface area contributed by atoms with Crippen LogP contribution in [0.25, 0.3) is 0 Å². The van der Waals surface area contributed by atoms with Crippen molar-refractivity contribution >= 4 is 5.97 Å². The van der Waals surface area contributed by atoms with E-state index in [-0.39, 0.29) is 11.3 Å². The highest BCUT2D eigenvalue weighted by atomic mass is 16.4. The number of rotatable bonds is 3. The van der Waals surface area contributed by atoms with Crippen molar-refractivity contribution in [3.05, 3.63) is 35.9 Å². The van der Waals surface area contributed by atoms with E-state index in [0.717, 1.165) is 38.9 Å². The fourth-order valence-electron chi connectivity index (χ4n) is 3.79. The van der Waals surface area contributed by atoms with Gasteiger partial charge in [-0.1, -0.05) is 30.3 Å². The molecule has 1 saturated carbocycles. The normalized spacial score (nSPS) is 31.1. The van der Waals surface area contributed by atoms with Gasteiger partial charge in [0.15, 0.2) is 0 Å². The van der Waals surface area contributed by atoms with Crippen LogP contribution >= 0.6 is 0 Å². The molecule has 1 saturated heterocycles. The molecule has 2 aliphatic rings. The molecule has 1 N–H and O–H groups in total. The van der Waals surface area contributed by atoms with Gasteiger partial charge in [0.05, 0.1) is 5.92 Å². The van der Waals surface area contributed by atoms with Crippen molar-refractivity contribution in [2.75, 3.05) is 13.1 Å². The maximum Gasteiger partial charge on any atom is 0.306 e. The lowest BCUT2D eigenvalue weighted by atomic mass is 9.84. The molecule has 102 valence electrons. The quantitative estimate of drug-likeness (QED) is 0.907. The molecule has 0 radical (unpaired) electrons. The molecule has 19 heavy (non-hydrogen) atoms. The van der Waals surface area contributed by atoms with E-state index >= 15 is 0 Å². The van der Waals surface area contributed by atoms with Crippen LogP contribution < -0.4 is 0 Å². The minimum atomic E-state index is -0.599. The molecule has 1 aliphatic carbocycles. The summed E-state index contributed by atoms with van der Waals surface area (Å²) in [4.78, 5) is 13.6. The molecular formula is C16H21NO2. The van der Waals surface area contributed by atoms with E-state index < -0.39 is 5.97 Å². The zero-order chi connectivity index (χ0) is 13.3. The Kier molecular flexibility index (Phi) is 3.31. The number of aliphatic carboxylic acids is 1. The van der Waals surface area contributed by atoms with E-state index in [0.29, 0.717) is 0 Å². The molecule has 0 amide bonds. The van der Waals surface area contributed by atoms with Gasteiger partial charge in [0, 0.05) is 13.1 Å². The molecule has 3 rings (SSSR count). The topological polar surface area (TPSA) is 40.5 Å². The molecular weight excluding hydrogens is 238 g/mol. The van der Waals surface area contributed by atoms with Crippen molar-refractivity contribution in [1.82, 2.24) is 4.90 Å². The van der Waals surface area contributed by atoms with Crippen molar-refractivity contribution in [3.63, 3.8) is 0 Å². The lowest BCUT2D eigenvalue weighted by Gasteiger charge is -2.24. The molecule has 1 aromatic rings. The predicted molar refractivity (Wildman–Crippen MR) is 73.7 cm³/mol. The minimum absolute atomic E-state index is 0.100. The Hall–Kier alpha value is -1.35. The average Bonchev–Trinajstić information content (AvgIpc) is 2.99. The Morgan fingerprint density at radius 2 is 2.11 bits per heavy atom. The first-order valence-electron chi connectivity index (χ1n) is 7.16. The SMILES string of the molecule is O=C(O)[C@@H]1CC[C@]2(CCN(Cc3ccccc3)C2)C1. The number of likely N-dealkylation sites (tertiary alicyclic amines) is 1. The van der Waals surface area contributed by atoms with E-state index in [2.05, 4.69) is 29.2 Å². The van der Waals surface area contributed by atoms with Gasteiger partial charge in [0.25, 0.3) is 0 Å². The summed E-state index contributed by atoms with van der Waals surface area (Å²) in [6, 6.07) is 10.5. The van der Waals surface area contributed by atoms with Gasteiger partial charge >= 0.3 is 5.97 Å². The van der Waals surface area contributed by atoms with Crippen LogP contribution in [0.15, 0.2) is 30.3 Å². The first-order chi connectivity index (χ1) is 9.17. The second-order valence-corrected chi connectivity index (χ2v) is 6.22. The van der Waals surface area contributed by atoms with Crippen molar-refractivity contribution in [2.24, 2.45) is 11.3 Å². The van der Waals surface area contributed by atoms with Gasteiger partial charge in [0.1, 0.15) is 0 Å². The van der Waals surface area contributed by atoms with Crippen LogP contribution in [0.4, 0.5) is 0 Å². The lowest BCUT2D eigenvalue weighted by molar-refractivity contribution is -0.141. The number of carboxylic acid groups (broad SMARTS) is 1. The summed E-state index contributed by atoms with van der Waals surface area (Å²) < 4.78 is 0. The van der Waals surface area contributed by atoms with E-state index in [4.69, 9.17) is 5.11 Å². The number of nitrogens with zero attached hydrogens (tertiary/aromatic N) is 1. The standard InChI is InChI=1S/C16H21NO2/c18-15(19)14-6-7-16(10-14)8-9-17(12-16)11-13-4-2-1-3-5-13/h1-5,14H,6-12H2,(H,18,19)/t14-,16+/m1/s1. The highest BCUT2D eigenvalue weighted by molar-refractivity contribution is 5.70. The summed E-state index contributed by atoms with van der Waals surface area (Å²) in [6.45, 7) is 3.19. The maximum atomic E-state index is 11.1. The average molecular weight is 259 g/mol. The van der Waals surface area contributed by atoms with Gasteiger partial charge in [-0.05, 0) is 43.2 Å². The van der Waals surface area contributed by atoms with Crippen molar-refractivity contribution in [3.8, 4) is 0 Å². The van der Waals surface area contributed by atoms with E-state index in [1.807, 2.05) is 6.07 Å². The van der Waals surface area contributed by atoms with Crippen LogP contribution in [0.3, 0.4) is 0 Å². The third kappa shape index (κ3) is 2.66. The summed E-state index contributed by atoms with van der Waals surface area (Å²) in [7, 11) is 0. The summed E-state index contributed by atoms with van der Waals surface area (Å²) in [5.74, 6) is -0.699. The largest absolute Gasteiger partial charge is 0.481 e. The summed E-state index contributed by atoms with van der Waals surface area (Å²) in [6.07, 6.45) is 4.01. The highest BCUT2D eigenvalue weighted by Crippen LogP contribution is 2.48. The zero-order valence-corrected chi connectivity index (χ0v) is 11.2. The molecule has 3 nitrogen and oxygen atoms in total. The highest BCUT2D eigenvalue weighted by Gasteiger charge is 2.45. The Balaban J connectivity index is 1.60. The summed E-state index contributed by atoms with van der Waals surface area (Å²) >= 11 is 0. The number of carbonyl (C=O) groups is 1. The molecule has 1 spiro atoms. The number of carboxylic acids is 1. The fraction of sp³-hybridized carbons (Fsp3) is 0.562. The number of benzene rings is 1. The monoisotopic (exact) mass is 259 g/mol. The van der Waals surface area contributed by atoms with Gasteiger partial charge in [-0.3, -0.25) is 9.69 Å². The van der Waals surface area contributed by atoms with Crippen molar-refractivity contribution < 1.29 is 9.90 Å². The van der Waals surface area contributed by atoms with Gasteiger partial charge in [0.2, 0.25) is 0 Å².